The number of ether oxygens (including phenoxy) is 1. The standard InChI is InChI=1S/C24H34N4O4/c1-26(16-18-6-5-13-27-12-4-3-7-21(18)27)22(29)14-20-23(30)28(24(31)25-20)15-17-8-10-19(32-2)11-9-17/h8-11,18,20-21H,3-7,12-16H2,1-2H3,(H,25,31)/t18-,20-,21+/m1/s1. The number of amides is 4. The molecule has 0 radical (unpaired) electrons. The van der Waals surface area contributed by atoms with Crippen molar-refractivity contribution in [3.05, 3.63) is 29.8 Å². The molecule has 174 valence electrons. The van der Waals surface area contributed by atoms with Gasteiger partial charge in [-0.05, 0) is 62.4 Å². The van der Waals surface area contributed by atoms with Crippen molar-refractivity contribution in [2.45, 2.75) is 57.2 Å². The van der Waals surface area contributed by atoms with Crippen molar-refractivity contribution in [2.75, 3.05) is 33.8 Å². The fourth-order valence-corrected chi connectivity index (χ4v) is 5.35. The van der Waals surface area contributed by atoms with E-state index in [1.807, 2.05) is 19.2 Å². The predicted molar refractivity (Wildman–Crippen MR) is 120 cm³/mol. The smallest absolute Gasteiger partial charge is 0.325 e. The maximum absolute atomic E-state index is 12.9. The Kier molecular flexibility index (Phi) is 6.98. The van der Waals surface area contributed by atoms with Gasteiger partial charge in [0.1, 0.15) is 11.8 Å². The number of carbonyl (C=O) groups excluding carboxylic acids is 3. The average Bonchev–Trinajstić information content (AvgIpc) is 3.07. The molecule has 3 atom stereocenters. The summed E-state index contributed by atoms with van der Waals surface area (Å²) < 4.78 is 5.14. The highest BCUT2D eigenvalue weighted by Gasteiger charge is 2.40. The Morgan fingerprint density at radius 3 is 2.62 bits per heavy atom. The Balaban J connectivity index is 1.31. The third kappa shape index (κ3) is 4.90. The Morgan fingerprint density at radius 2 is 1.88 bits per heavy atom. The molecule has 0 aromatic heterocycles. The largest absolute Gasteiger partial charge is 0.497 e. The van der Waals surface area contributed by atoms with Gasteiger partial charge in [-0.25, -0.2) is 4.79 Å². The van der Waals surface area contributed by atoms with E-state index in [9.17, 15) is 14.4 Å². The zero-order chi connectivity index (χ0) is 22.7. The first kappa shape index (κ1) is 22.6. The second kappa shape index (κ2) is 9.90. The maximum Gasteiger partial charge on any atom is 0.325 e. The predicted octanol–water partition coefficient (Wildman–Crippen LogP) is 2.23. The molecule has 1 aromatic carbocycles. The number of imide groups is 1. The van der Waals surface area contributed by atoms with Gasteiger partial charge < -0.3 is 19.9 Å². The molecule has 3 saturated heterocycles. The van der Waals surface area contributed by atoms with Gasteiger partial charge in [-0.3, -0.25) is 14.5 Å². The molecule has 0 aliphatic carbocycles. The Morgan fingerprint density at radius 1 is 1.12 bits per heavy atom. The quantitative estimate of drug-likeness (QED) is 0.655. The minimum atomic E-state index is -0.798. The highest BCUT2D eigenvalue weighted by atomic mass is 16.5. The average molecular weight is 443 g/mol. The number of nitrogens with zero attached hydrogens (tertiary/aromatic N) is 3. The van der Waals surface area contributed by atoms with Gasteiger partial charge in [0.2, 0.25) is 5.91 Å². The van der Waals surface area contributed by atoms with Crippen LogP contribution in [0.15, 0.2) is 24.3 Å². The third-order valence-corrected chi connectivity index (χ3v) is 7.15. The summed E-state index contributed by atoms with van der Waals surface area (Å²) in [6.07, 6.45) is 6.08. The van der Waals surface area contributed by atoms with Crippen LogP contribution in [-0.2, 0) is 16.1 Å². The summed E-state index contributed by atoms with van der Waals surface area (Å²) in [4.78, 5) is 43.6. The Bertz CT molecular complexity index is 841. The molecular formula is C24H34N4O4. The lowest BCUT2D eigenvalue weighted by atomic mass is 9.83. The van der Waals surface area contributed by atoms with E-state index >= 15 is 0 Å². The van der Waals surface area contributed by atoms with Crippen LogP contribution >= 0.6 is 0 Å². The number of benzene rings is 1. The number of hydrogen-bond donors (Lipinski definition) is 1. The zero-order valence-electron chi connectivity index (χ0n) is 19.1. The zero-order valence-corrected chi connectivity index (χ0v) is 19.1. The summed E-state index contributed by atoms with van der Waals surface area (Å²) in [7, 11) is 3.41. The molecule has 8 nitrogen and oxygen atoms in total. The van der Waals surface area contributed by atoms with Crippen molar-refractivity contribution >= 4 is 17.8 Å². The summed E-state index contributed by atoms with van der Waals surface area (Å²) in [6.45, 7) is 3.23. The van der Waals surface area contributed by atoms with Gasteiger partial charge in [0, 0.05) is 19.6 Å². The van der Waals surface area contributed by atoms with Crippen LogP contribution < -0.4 is 10.1 Å². The van der Waals surface area contributed by atoms with Gasteiger partial charge in [-0.1, -0.05) is 18.6 Å². The van der Waals surface area contributed by atoms with Gasteiger partial charge in [0.25, 0.3) is 5.91 Å². The summed E-state index contributed by atoms with van der Waals surface area (Å²) in [5.74, 6) is 0.761. The molecule has 1 aromatic rings. The van der Waals surface area contributed by atoms with E-state index < -0.39 is 12.1 Å². The lowest BCUT2D eigenvalue weighted by molar-refractivity contribution is -0.135. The van der Waals surface area contributed by atoms with Crippen LogP contribution in [0.4, 0.5) is 4.79 Å². The van der Waals surface area contributed by atoms with Crippen molar-refractivity contribution < 1.29 is 19.1 Å². The molecule has 32 heavy (non-hydrogen) atoms. The Labute approximate surface area is 189 Å². The number of carbonyl (C=O) groups is 3. The second-order valence-corrected chi connectivity index (χ2v) is 9.25. The van der Waals surface area contributed by atoms with E-state index in [1.165, 1.54) is 43.7 Å². The molecule has 3 heterocycles. The summed E-state index contributed by atoms with van der Waals surface area (Å²) >= 11 is 0. The van der Waals surface area contributed by atoms with Gasteiger partial charge in [-0.15, -0.1) is 0 Å². The molecule has 1 N–H and O–H groups in total. The third-order valence-electron chi connectivity index (χ3n) is 7.15. The minimum absolute atomic E-state index is 0.00128. The fraction of sp³-hybridized carbons (Fsp3) is 0.625. The topological polar surface area (TPSA) is 82.2 Å². The number of urea groups is 1. The van der Waals surface area contributed by atoms with Crippen LogP contribution in [-0.4, -0.2) is 78.4 Å². The van der Waals surface area contributed by atoms with Crippen molar-refractivity contribution in [3.8, 4) is 5.75 Å². The maximum atomic E-state index is 12.9. The van der Waals surface area contributed by atoms with Crippen molar-refractivity contribution in [3.63, 3.8) is 0 Å². The highest BCUT2D eigenvalue weighted by molar-refractivity contribution is 6.05. The van der Waals surface area contributed by atoms with Crippen molar-refractivity contribution in [2.24, 2.45) is 5.92 Å². The molecule has 8 heteroatoms. The van der Waals surface area contributed by atoms with E-state index in [1.54, 1.807) is 24.1 Å². The molecule has 3 fully saturated rings. The lowest BCUT2D eigenvalue weighted by Crippen LogP contribution is -2.51. The van der Waals surface area contributed by atoms with Crippen LogP contribution in [0.3, 0.4) is 0 Å². The van der Waals surface area contributed by atoms with Crippen LogP contribution in [0.1, 0.15) is 44.1 Å². The van der Waals surface area contributed by atoms with E-state index in [2.05, 4.69) is 10.2 Å². The van der Waals surface area contributed by atoms with Crippen molar-refractivity contribution in [1.82, 2.24) is 20.0 Å². The van der Waals surface area contributed by atoms with Crippen molar-refractivity contribution in [1.29, 1.82) is 0 Å². The molecule has 0 bridgehead atoms. The molecule has 4 rings (SSSR count). The number of methoxy groups -OCH3 is 1. The van der Waals surface area contributed by atoms with Crippen LogP contribution in [0, 0.1) is 5.92 Å². The molecule has 3 aliphatic heterocycles. The monoisotopic (exact) mass is 442 g/mol. The van der Waals surface area contributed by atoms with Gasteiger partial charge in [0.15, 0.2) is 0 Å². The van der Waals surface area contributed by atoms with Gasteiger partial charge in [0.05, 0.1) is 20.1 Å². The highest BCUT2D eigenvalue weighted by Crippen LogP contribution is 2.31. The normalized spacial score (nSPS) is 25.9. The molecule has 4 amide bonds. The van der Waals surface area contributed by atoms with E-state index in [4.69, 9.17) is 4.74 Å². The van der Waals surface area contributed by atoms with Gasteiger partial charge in [-0.2, -0.15) is 0 Å². The number of hydrogen-bond acceptors (Lipinski definition) is 5. The molecule has 3 aliphatic rings. The summed E-state index contributed by atoms with van der Waals surface area (Å²) in [5, 5.41) is 2.69. The minimum Gasteiger partial charge on any atom is -0.497 e. The van der Waals surface area contributed by atoms with E-state index in [-0.39, 0.29) is 24.8 Å². The van der Waals surface area contributed by atoms with Gasteiger partial charge >= 0.3 is 6.03 Å². The first-order valence-electron chi connectivity index (χ1n) is 11.7. The van der Waals surface area contributed by atoms with Crippen LogP contribution in [0.5, 0.6) is 5.75 Å². The number of rotatable bonds is 7. The first-order chi connectivity index (χ1) is 15.5. The van der Waals surface area contributed by atoms with Crippen LogP contribution in [0.25, 0.3) is 0 Å². The number of piperidine rings is 2. The summed E-state index contributed by atoms with van der Waals surface area (Å²) in [5.41, 5.74) is 0.827. The number of fused-ring (bicyclic) bond motifs is 1. The molecular weight excluding hydrogens is 408 g/mol. The molecule has 0 saturated carbocycles. The lowest BCUT2D eigenvalue weighted by Gasteiger charge is -2.45. The van der Waals surface area contributed by atoms with Crippen LogP contribution in [0.2, 0.25) is 0 Å². The van der Waals surface area contributed by atoms with E-state index in [0.717, 1.165) is 12.0 Å². The first-order valence-corrected chi connectivity index (χ1v) is 11.7. The molecule has 0 spiro atoms. The van der Waals surface area contributed by atoms with E-state index in [0.29, 0.717) is 24.3 Å². The number of nitrogens with one attached hydrogen (secondary N) is 1. The second-order valence-electron chi connectivity index (χ2n) is 9.25. The fourth-order valence-electron chi connectivity index (χ4n) is 5.35. The Hall–Kier alpha value is -2.61. The molecule has 0 unspecified atom stereocenters. The summed E-state index contributed by atoms with van der Waals surface area (Å²) in [6, 6.07) is 6.56. The SMILES string of the molecule is COc1ccc(CN2C(=O)N[C@H](CC(=O)N(C)C[C@H]3CCCN4CCCC[C@@H]34)C2=O)cc1.